The molecule has 1 aromatic rings. The van der Waals surface area contributed by atoms with Gasteiger partial charge >= 0.3 is 5.97 Å². The molecule has 0 bridgehead atoms. The normalized spacial score (nSPS) is 21.0. The average Bonchev–Trinajstić information content (AvgIpc) is 3.33. The molecule has 1 unspecified atom stereocenters. The number of carbonyl (C=O) groups excluding carboxylic acids is 1. The molecule has 3 rings (SSSR count). The fourth-order valence-corrected chi connectivity index (χ4v) is 3.71. The minimum atomic E-state index is -0.704. The molecule has 25 heavy (non-hydrogen) atoms. The van der Waals surface area contributed by atoms with E-state index in [1.165, 1.54) is 0 Å². The molecular formula is C19H25NO5. The number of amides is 1. The second-order valence-electron chi connectivity index (χ2n) is 6.96. The highest BCUT2D eigenvalue weighted by atomic mass is 16.5. The number of hydrogen-bond donors (Lipinski definition) is 1. The number of benzene rings is 1. The van der Waals surface area contributed by atoms with E-state index in [0.29, 0.717) is 36.8 Å². The lowest BCUT2D eigenvalue weighted by Crippen LogP contribution is -2.40. The van der Waals surface area contributed by atoms with Crippen LogP contribution < -0.4 is 9.47 Å². The van der Waals surface area contributed by atoms with Gasteiger partial charge in [0, 0.05) is 19.2 Å². The summed E-state index contributed by atoms with van der Waals surface area (Å²) in [6.45, 7) is 3.75. The van der Waals surface area contributed by atoms with Crippen LogP contribution in [0.3, 0.4) is 0 Å². The SMILES string of the molecule is CCCOc1cc(OC)ccc1C(=O)N1CCC2(CC1)CC2C(=O)O. The largest absolute Gasteiger partial charge is 0.497 e. The topological polar surface area (TPSA) is 76.1 Å². The number of piperidine rings is 1. The first-order valence-electron chi connectivity index (χ1n) is 8.83. The standard InChI is InChI=1S/C19H25NO5/c1-3-10-25-16-11-13(24-2)4-5-14(16)17(21)20-8-6-19(7-9-20)12-15(19)18(22)23/h4-5,11,15H,3,6-10,12H2,1-2H3,(H,22,23). The average molecular weight is 347 g/mol. The molecule has 1 saturated heterocycles. The summed E-state index contributed by atoms with van der Waals surface area (Å²) < 4.78 is 11.0. The van der Waals surface area contributed by atoms with Gasteiger partial charge in [0.15, 0.2) is 0 Å². The van der Waals surface area contributed by atoms with Crippen LogP contribution in [0.15, 0.2) is 18.2 Å². The van der Waals surface area contributed by atoms with Gasteiger partial charge in [0.05, 0.1) is 25.2 Å². The van der Waals surface area contributed by atoms with Gasteiger partial charge in [0.2, 0.25) is 0 Å². The van der Waals surface area contributed by atoms with Crippen molar-refractivity contribution in [3.05, 3.63) is 23.8 Å². The fourth-order valence-electron chi connectivity index (χ4n) is 3.71. The van der Waals surface area contributed by atoms with E-state index in [2.05, 4.69) is 0 Å². The molecule has 1 aromatic carbocycles. The first-order chi connectivity index (χ1) is 12.0. The van der Waals surface area contributed by atoms with Crippen LogP contribution in [0.25, 0.3) is 0 Å². The van der Waals surface area contributed by atoms with Gasteiger partial charge in [0.25, 0.3) is 5.91 Å². The van der Waals surface area contributed by atoms with Gasteiger partial charge in [-0.05, 0) is 43.2 Å². The van der Waals surface area contributed by atoms with Crippen LogP contribution in [-0.2, 0) is 4.79 Å². The second-order valence-corrected chi connectivity index (χ2v) is 6.96. The van der Waals surface area contributed by atoms with Crippen LogP contribution in [-0.4, -0.2) is 48.7 Å². The summed E-state index contributed by atoms with van der Waals surface area (Å²) in [5.74, 6) is 0.208. The van der Waals surface area contributed by atoms with E-state index < -0.39 is 5.97 Å². The van der Waals surface area contributed by atoms with E-state index in [1.807, 2.05) is 11.8 Å². The highest BCUT2D eigenvalue weighted by Gasteiger charge is 2.59. The maximum Gasteiger partial charge on any atom is 0.307 e. The van der Waals surface area contributed by atoms with Crippen LogP contribution in [0.4, 0.5) is 0 Å². The van der Waals surface area contributed by atoms with Crippen molar-refractivity contribution < 1.29 is 24.2 Å². The zero-order valence-electron chi connectivity index (χ0n) is 14.8. The Labute approximate surface area is 147 Å². The van der Waals surface area contributed by atoms with Gasteiger partial charge in [-0.3, -0.25) is 9.59 Å². The number of aliphatic carboxylic acids is 1. The molecular weight excluding hydrogens is 322 g/mol. The van der Waals surface area contributed by atoms with Crippen molar-refractivity contribution in [1.29, 1.82) is 0 Å². The highest BCUT2D eigenvalue weighted by Crippen LogP contribution is 2.59. The Morgan fingerprint density at radius 3 is 2.60 bits per heavy atom. The third kappa shape index (κ3) is 3.43. The molecule has 1 atom stereocenters. The fraction of sp³-hybridized carbons (Fsp3) is 0.579. The number of carboxylic acid groups (broad SMARTS) is 1. The maximum atomic E-state index is 12.9. The molecule has 6 nitrogen and oxygen atoms in total. The minimum absolute atomic E-state index is 0.0591. The smallest absolute Gasteiger partial charge is 0.307 e. The van der Waals surface area contributed by atoms with Gasteiger partial charge in [-0.1, -0.05) is 6.92 Å². The quantitative estimate of drug-likeness (QED) is 0.856. The van der Waals surface area contributed by atoms with Gasteiger partial charge in [0.1, 0.15) is 11.5 Å². The van der Waals surface area contributed by atoms with E-state index in [-0.39, 0.29) is 17.2 Å². The van der Waals surface area contributed by atoms with Crippen molar-refractivity contribution in [2.45, 2.75) is 32.6 Å². The number of methoxy groups -OCH3 is 1. The van der Waals surface area contributed by atoms with Crippen LogP contribution in [0, 0.1) is 11.3 Å². The van der Waals surface area contributed by atoms with Gasteiger partial charge in [-0.25, -0.2) is 0 Å². The summed E-state index contributed by atoms with van der Waals surface area (Å²) in [7, 11) is 1.58. The zero-order valence-corrected chi connectivity index (χ0v) is 14.8. The molecule has 1 spiro atoms. The maximum absolute atomic E-state index is 12.9. The Balaban J connectivity index is 1.70. The molecule has 2 fully saturated rings. The van der Waals surface area contributed by atoms with Gasteiger partial charge in [-0.15, -0.1) is 0 Å². The molecule has 2 aliphatic rings. The third-order valence-corrected chi connectivity index (χ3v) is 5.42. The predicted octanol–water partition coefficient (Wildman–Crippen LogP) is 2.81. The Bertz CT molecular complexity index is 664. The summed E-state index contributed by atoms with van der Waals surface area (Å²) in [5.41, 5.74) is 0.458. The van der Waals surface area contributed by atoms with Crippen molar-refractivity contribution in [1.82, 2.24) is 4.90 Å². The number of ether oxygens (including phenoxy) is 2. The molecule has 1 saturated carbocycles. The summed E-state index contributed by atoms with van der Waals surface area (Å²) in [6.07, 6.45) is 3.12. The molecule has 1 heterocycles. The number of hydrogen-bond acceptors (Lipinski definition) is 4. The molecule has 0 aromatic heterocycles. The molecule has 1 aliphatic carbocycles. The van der Waals surface area contributed by atoms with Crippen molar-refractivity contribution in [3.8, 4) is 11.5 Å². The predicted molar refractivity (Wildman–Crippen MR) is 92.1 cm³/mol. The van der Waals surface area contributed by atoms with Crippen LogP contribution in [0.5, 0.6) is 11.5 Å². The van der Waals surface area contributed by atoms with Crippen molar-refractivity contribution in [2.75, 3.05) is 26.8 Å². The van der Waals surface area contributed by atoms with Gasteiger partial charge < -0.3 is 19.5 Å². The van der Waals surface area contributed by atoms with E-state index in [1.54, 1.807) is 25.3 Å². The van der Waals surface area contributed by atoms with E-state index in [0.717, 1.165) is 25.7 Å². The molecule has 1 aliphatic heterocycles. The van der Waals surface area contributed by atoms with Crippen molar-refractivity contribution in [2.24, 2.45) is 11.3 Å². The molecule has 1 N–H and O–H groups in total. The minimum Gasteiger partial charge on any atom is -0.497 e. The van der Waals surface area contributed by atoms with E-state index >= 15 is 0 Å². The molecule has 6 heteroatoms. The number of nitrogens with zero attached hydrogens (tertiary/aromatic N) is 1. The van der Waals surface area contributed by atoms with Crippen molar-refractivity contribution in [3.63, 3.8) is 0 Å². The summed E-state index contributed by atoms with van der Waals surface area (Å²) in [4.78, 5) is 25.9. The number of carboxylic acids is 1. The van der Waals surface area contributed by atoms with Crippen LogP contribution in [0.1, 0.15) is 43.0 Å². The summed E-state index contributed by atoms with van der Waals surface area (Å²) in [5, 5.41) is 9.18. The third-order valence-electron chi connectivity index (χ3n) is 5.42. The first-order valence-corrected chi connectivity index (χ1v) is 8.83. The molecule has 0 radical (unpaired) electrons. The Morgan fingerprint density at radius 1 is 1.32 bits per heavy atom. The van der Waals surface area contributed by atoms with Gasteiger partial charge in [-0.2, -0.15) is 0 Å². The number of carbonyl (C=O) groups is 2. The Kier molecular flexibility index (Phi) is 4.88. The second kappa shape index (κ2) is 6.94. The summed E-state index contributed by atoms with van der Waals surface area (Å²) >= 11 is 0. The Hall–Kier alpha value is -2.24. The van der Waals surface area contributed by atoms with E-state index in [9.17, 15) is 14.7 Å². The lowest BCUT2D eigenvalue weighted by Gasteiger charge is -2.33. The van der Waals surface area contributed by atoms with E-state index in [4.69, 9.17) is 9.47 Å². The summed E-state index contributed by atoms with van der Waals surface area (Å²) in [6, 6.07) is 5.25. The number of likely N-dealkylation sites (tertiary alicyclic amines) is 1. The first kappa shape index (κ1) is 17.6. The van der Waals surface area contributed by atoms with Crippen LogP contribution >= 0.6 is 0 Å². The Morgan fingerprint density at radius 2 is 2.04 bits per heavy atom. The molecule has 136 valence electrons. The lowest BCUT2D eigenvalue weighted by atomic mass is 9.90. The van der Waals surface area contributed by atoms with Crippen molar-refractivity contribution >= 4 is 11.9 Å². The monoisotopic (exact) mass is 347 g/mol. The van der Waals surface area contributed by atoms with Crippen LogP contribution in [0.2, 0.25) is 0 Å². The number of rotatable bonds is 6. The zero-order chi connectivity index (χ0) is 18.0. The highest BCUT2D eigenvalue weighted by molar-refractivity contribution is 5.97. The molecule has 1 amide bonds. The lowest BCUT2D eigenvalue weighted by molar-refractivity contribution is -0.139.